The van der Waals surface area contributed by atoms with Crippen molar-refractivity contribution in [2.45, 2.75) is 57.5 Å². The number of piperazine rings is 3. The summed E-state index contributed by atoms with van der Waals surface area (Å²) in [5.41, 5.74) is 4.13. The number of hydrogen-bond acceptors (Lipinski definition) is 29. The molecule has 3 amide bonds. The van der Waals surface area contributed by atoms with Crippen molar-refractivity contribution in [3.05, 3.63) is 145 Å². The molecule has 1 aliphatic carbocycles. The summed E-state index contributed by atoms with van der Waals surface area (Å²) in [4.78, 5) is 97.5. The molecule has 0 bridgehead atoms. The Balaban J connectivity index is 0.000000133. The van der Waals surface area contributed by atoms with Crippen LogP contribution in [0, 0.1) is 29.9 Å². The van der Waals surface area contributed by atoms with Crippen LogP contribution in [-0.4, -0.2) is 306 Å². The van der Waals surface area contributed by atoms with E-state index in [1.165, 1.54) is 42.8 Å². The van der Waals surface area contributed by atoms with Crippen LogP contribution in [0.1, 0.15) is 31.7 Å². The van der Waals surface area contributed by atoms with Gasteiger partial charge in [0.25, 0.3) is 0 Å². The van der Waals surface area contributed by atoms with Gasteiger partial charge in [0.2, 0.25) is 35.4 Å². The summed E-state index contributed by atoms with van der Waals surface area (Å²) in [6.45, 7) is 28.0. The summed E-state index contributed by atoms with van der Waals surface area (Å²) in [6, 6.07) is 12.6. The lowest BCUT2D eigenvalue weighted by atomic mass is 9.96. The Bertz CT molecular complexity index is 6080. The Morgan fingerprint density at radius 3 is 1.37 bits per heavy atom. The summed E-state index contributed by atoms with van der Waals surface area (Å²) >= 11 is 12.7. The topological polar surface area (TPSA) is 356 Å². The van der Waals surface area contributed by atoms with Gasteiger partial charge in [0.1, 0.15) is 85.8 Å². The van der Waals surface area contributed by atoms with Gasteiger partial charge in [-0.15, -0.1) is 0 Å². The first-order valence-corrected chi connectivity index (χ1v) is 42.1. The highest BCUT2D eigenvalue weighted by molar-refractivity contribution is 6.34. The molecular formula is C86H94Cl2F2N24O11. The highest BCUT2D eigenvalue weighted by atomic mass is 35.5. The number of hydrogen-bond donors (Lipinski definition) is 3. The average Bonchev–Trinajstić information content (AvgIpc) is 1.63. The van der Waals surface area contributed by atoms with Gasteiger partial charge in [0, 0.05) is 181 Å². The van der Waals surface area contributed by atoms with E-state index >= 15 is 0 Å². The van der Waals surface area contributed by atoms with Crippen molar-refractivity contribution in [3.63, 3.8) is 0 Å². The normalized spacial score (nSPS) is 19.8. The second-order valence-electron chi connectivity index (χ2n) is 32.1. The number of pyridine rings is 3. The van der Waals surface area contributed by atoms with E-state index in [4.69, 9.17) is 91.0 Å². The largest absolute Gasteiger partial charge is 0.460 e. The quantitative estimate of drug-likeness (QED) is 0.0531. The number of aromatic amines is 3. The SMILES string of the molecule is C=CC(=O)N1CCN(c2nc(OC3CCN(CCOC)C[C@H]3C)nc3c(Oc4c(Cl)c(F)cc5[nH]ncc45)nccc23)CC1.C=CC(=O)N1CCN(c2nc(OC3CN(C)CC34CC4)nc3c(Oc4c(Cl)c(F)cc5[nH]ncc45)nccc23)CC1.C=CC(=O)N1CCN(c2nc(O[C@@H]3CN(C)C[C@H]3OC)nc3c(Oc4c(C)ccc5[nH]ncc45)nccc23)CC1. The number of fused-ring (bicyclic) bond motifs is 6. The van der Waals surface area contributed by atoms with E-state index in [2.05, 4.69) is 109 Å². The van der Waals surface area contributed by atoms with Gasteiger partial charge < -0.3 is 77.1 Å². The average molecular weight is 1750 g/mol. The summed E-state index contributed by atoms with van der Waals surface area (Å²) in [6.07, 6.45) is 16.2. The summed E-state index contributed by atoms with van der Waals surface area (Å²) in [7, 11) is 7.51. The van der Waals surface area contributed by atoms with Crippen molar-refractivity contribution >= 4 is 124 Å². The van der Waals surface area contributed by atoms with Crippen molar-refractivity contribution < 1.29 is 61.1 Å². The maximum absolute atomic E-state index is 14.7. The van der Waals surface area contributed by atoms with Crippen LogP contribution in [0.15, 0.2) is 118 Å². The smallest absolute Gasteiger partial charge is 0.319 e. The first-order chi connectivity index (χ1) is 60.6. The number of H-pyrrole nitrogens is 3. The number of halogens is 4. The summed E-state index contributed by atoms with van der Waals surface area (Å²) in [5, 5.41) is 24.3. The van der Waals surface area contributed by atoms with Crippen LogP contribution in [0.25, 0.3) is 65.4 Å². The predicted molar refractivity (Wildman–Crippen MR) is 465 cm³/mol. The van der Waals surface area contributed by atoms with E-state index in [9.17, 15) is 23.2 Å². The molecule has 9 aromatic heterocycles. The molecule has 6 saturated heterocycles. The van der Waals surface area contributed by atoms with Crippen molar-refractivity contribution in [1.82, 2.24) is 105 Å². The first-order valence-electron chi connectivity index (χ1n) is 41.3. The van der Waals surface area contributed by atoms with Gasteiger partial charge in [0.05, 0.1) is 74.1 Å². The Kier molecular flexibility index (Phi) is 24.7. The molecule has 5 atom stereocenters. The van der Waals surface area contributed by atoms with Gasteiger partial charge in [-0.25, -0.2) is 23.7 Å². The van der Waals surface area contributed by atoms with Gasteiger partial charge in [0.15, 0.2) is 11.5 Å². The van der Waals surface area contributed by atoms with E-state index in [-0.39, 0.29) is 105 Å². The molecule has 35 nitrogen and oxygen atoms in total. The number of amides is 3. The van der Waals surface area contributed by atoms with Gasteiger partial charge >= 0.3 is 18.0 Å². The van der Waals surface area contributed by atoms with E-state index in [0.717, 1.165) is 80.4 Å². The lowest BCUT2D eigenvalue weighted by Gasteiger charge is -2.37. The fourth-order valence-corrected chi connectivity index (χ4v) is 17.5. The second kappa shape index (κ2) is 36.4. The number of likely N-dealkylation sites (tertiary alicyclic amines) is 3. The van der Waals surface area contributed by atoms with Crippen LogP contribution in [-0.2, 0) is 23.9 Å². The molecule has 39 heteroatoms. The Hall–Kier alpha value is -12.4. The third-order valence-electron chi connectivity index (χ3n) is 24.0. The molecule has 1 saturated carbocycles. The monoisotopic (exact) mass is 1750 g/mol. The minimum atomic E-state index is -0.657. The molecule has 7 fully saturated rings. The number of benzene rings is 3. The molecule has 1 spiro atoms. The first kappa shape index (κ1) is 84.8. The van der Waals surface area contributed by atoms with Crippen LogP contribution in [0.2, 0.25) is 10.0 Å². The minimum Gasteiger partial charge on any atom is -0.460 e. The fourth-order valence-electron chi connectivity index (χ4n) is 17.1. The van der Waals surface area contributed by atoms with Crippen molar-refractivity contribution in [3.8, 4) is 52.9 Å². The van der Waals surface area contributed by atoms with Gasteiger partial charge in [-0.1, -0.05) is 55.9 Å². The zero-order valence-electron chi connectivity index (χ0n) is 69.9. The number of piperidine rings is 1. The number of likely N-dealkylation sites (N-methyl/N-ethyl adjacent to an activating group) is 2. The van der Waals surface area contributed by atoms with E-state index < -0.39 is 11.6 Å². The van der Waals surface area contributed by atoms with Crippen LogP contribution in [0.4, 0.5) is 26.2 Å². The van der Waals surface area contributed by atoms with E-state index in [1.54, 1.807) is 59.8 Å². The molecular weight excluding hydrogens is 1650 g/mol. The van der Waals surface area contributed by atoms with Crippen molar-refractivity contribution in [2.24, 2.45) is 11.3 Å². The molecule has 6 aliphatic heterocycles. The maximum Gasteiger partial charge on any atom is 0.319 e. The molecule has 125 heavy (non-hydrogen) atoms. The molecule has 3 N–H and O–H groups in total. The zero-order valence-corrected chi connectivity index (χ0v) is 71.4. The van der Waals surface area contributed by atoms with E-state index in [1.807, 2.05) is 38.2 Å². The lowest BCUT2D eigenvalue weighted by molar-refractivity contribution is -0.127. The van der Waals surface area contributed by atoms with Crippen LogP contribution >= 0.6 is 23.2 Å². The Morgan fingerprint density at radius 2 is 0.936 bits per heavy atom. The van der Waals surface area contributed by atoms with Crippen molar-refractivity contribution in [2.75, 3.05) is 174 Å². The van der Waals surface area contributed by atoms with Crippen molar-refractivity contribution in [1.29, 1.82) is 0 Å². The number of nitrogens with one attached hydrogen (secondary N) is 3. The minimum absolute atomic E-state index is 0.0379. The highest BCUT2D eigenvalue weighted by Gasteiger charge is 2.56. The number of anilines is 3. The Labute approximate surface area is 726 Å². The molecule has 7 aliphatic rings. The molecule has 15 heterocycles. The fraction of sp³-hybridized carbons (Fsp3) is 0.407. The van der Waals surface area contributed by atoms with Gasteiger partial charge in [-0.2, -0.15) is 45.2 Å². The number of methoxy groups -OCH3 is 2. The second-order valence-corrected chi connectivity index (χ2v) is 32.9. The Morgan fingerprint density at radius 1 is 0.512 bits per heavy atom. The maximum atomic E-state index is 14.7. The highest BCUT2D eigenvalue weighted by Crippen LogP contribution is 2.54. The van der Waals surface area contributed by atoms with E-state index in [0.29, 0.717) is 170 Å². The number of nitrogens with zero attached hydrogens (tertiary/aromatic N) is 21. The molecule has 0 radical (unpaired) electrons. The van der Waals surface area contributed by atoms with Gasteiger partial charge in [-0.05, 0) is 88.3 Å². The molecule has 2 unspecified atom stereocenters. The standard InChI is InChI=1S/C30H34ClFN8O4.C28H28ClFN8O3.C28H32N8O4/c1-4-24(41)39-9-11-40(12-10-39)28-19-5-7-33-29(44-27-20-16-34-37-22(20)15-21(32)25(27)31)26(19)35-30(36-28)43-23-6-8-38(13-14-42-3)17-18(23)2;1-3-21(39)37-8-10-38(11-9-37)25-16-4-7-31-26(41-24-17-13-32-35-19(17)12-18(30)22(24)29)23(16)33-27(34-25)40-20-14-36(2)15-28(20)5-6-28;1-5-23(37)35-10-12-36(13-11-35)26-18-8-9-29-27(40-25-17(2)6-7-20-19(25)14-30-33-20)24(18)31-28(32-26)39-22-16-34(3)15-21(22)38-4/h4-5,7,15-16,18,23H,1,6,8-14,17H2,2-3H3,(H,34,37);3-4,7,12-13,20H,1,5-6,8-11,14-15H2,2H3,(H,32,35);5-9,14,21-22H,1,10-13,15-16H2,2-4H3,(H,30,33)/t18-,23?;;21-,22-/m1.1/s1. The number of carbonyl (C=O) groups excluding carboxylic acids is 3. The molecule has 652 valence electrons. The third kappa shape index (κ3) is 17.7. The van der Waals surface area contributed by atoms with Crippen LogP contribution < -0.4 is 43.1 Å². The molecule has 3 aromatic carbocycles. The summed E-state index contributed by atoms with van der Waals surface area (Å²) in [5.74, 6) is 2.04. The van der Waals surface area contributed by atoms with Gasteiger partial charge in [-0.3, -0.25) is 34.6 Å². The van der Waals surface area contributed by atoms with Crippen LogP contribution in [0.3, 0.4) is 0 Å². The zero-order chi connectivity index (χ0) is 86.9. The summed E-state index contributed by atoms with van der Waals surface area (Å²) < 4.78 is 78.5. The number of rotatable bonds is 22. The number of aromatic nitrogens is 15. The predicted octanol–water partition coefficient (Wildman–Crippen LogP) is 10.4. The number of aryl methyl sites for hydroxylation is 1. The van der Waals surface area contributed by atoms with Crippen LogP contribution in [0.5, 0.6) is 52.9 Å². The molecule has 19 rings (SSSR count). The third-order valence-corrected chi connectivity index (χ3v) is 24.7. The number of carbonyl (C=O) groups is 3. The molecule has 12 aromatic rings. The lowest BCUT2D eigenvalue weighted by Crippen LogP contribution is -2.48. The number of ether oxygens (including phenoxy) is 8.